The van der Waals surface area contributed by atoms with Gasteiger partial charge in [-0.3, -0.25) is 0 Å². The lowest BCUT2D eigenvalue weighted by Gasteiger charge is -2.09. The number of ether oxygens (including phenoxy) is 1. The summed E-state index contributed by atoms with van der Waals surface area (Å²) in [5.41, 5.74) is 1.91. The van der Waals surface area contributed by atoms with Crippen molar-refractivity contribution in [3.63, 3.8) is 0 Å². The fourth-order valence-electron chi connectivity index (χ4n) is 1.83. The molecular weight excluding hydrogens is 304 g/mol. The van der Waals surface area contributed by atoms with Crippen molar-refractivity contribution < 1.29 is 9.84 Å². The lowest BCUT2D eigenvalue weighted by molar-refractivity contribution is 0.350. The smallest absolute Gasteiger partial charge is 0.122 e. The number of methoxy groups -OCH3 is 1. The Morgan fingerprint density at radius 1 is 1.24 bits per heavy atom. The summed E-state index contributed by atoms with van der Waals surface area (Å²) in [7, 11) is 1.65. The zero-order valence-electron chi connectivity index (χ0n) is 11.6. The molecular formula is C17H15ClO2S. The summed E-state index contributed by atoms with van der Waals surface area (Å²) in [6.07, 6.45) is 0. The van der Waals surface area contributed by atoms with Crippen molar-refractivity contribution in [1.29, 1.82) is 0 Å². The fourth-order valence-corrected chi connectivity index (χ4v) is 3.04. The number of rotatable bonds is 4. The van der Waals surface area contributed by atoms with E-state index in [2.05, 4.69) is 11.8 Å². The highest BCUT2D eigenvalue weighted by Gasteiger charge is 2.06. The molecule has 0 aliphatic heterocycles. The summed E-state index contributed by atoms with van der Waals surface area (Å²) in [5.74, 6) is 7.11. The Labute approximate surface area is 134 Å². The number of halogens is 1. The zero-order valence-corrected chi connectivity index (χ0v) is 13.2. The van der Waals surface area contributed by atoms with Crippen LogP contribution in [-0.4, -0.2) is 18.8 Å². The molecule has 0 saturated heterocycles. The minimum absolute atomic E-state index is 0.143. The highest BCUT2D eigenvalue weighted by Crippen LogP contribution is 2.32. The normalized spacial score (nSPS) is 9.86. The van der Waals surface area contributed by atoms with E-state index in [1.54, 1.807) is 18.9 Å². The van der Waals surface area contributed by atoms with Crippen molar-refractivity contribution in [3.05, 3.63) is 58.6 Å². The van der Waals surface area contributed by atoms with Gasteiger partial charge in [0.05, 0.1) is 12.1 Å². The molecule has 0 fully saturated rings. The predicted molar refractivity (Wildman–Crippen MR) is 88.0 cm³/mol. The van der Waals surface area contributed by atoms with Gasteiger partial charge >= 0.3 is 0 Å². The first-order valence-corrected chi connectivity index (χ1v) is 7.75. The van der Waals surface area contributed by atoms with Gasteiger partial charge in [-0.15, -0.1) is 11.8 Å². The largest absolute Gasteiger partial charge is 0.496 e. The van der Waals surface area contributed by atoms with Crippen LogP contribution in [0.5, 0.6) is 5.75 Å². The van der Waals surface area contributed by atoms with Gasteiger partial charge in [0.15, 0.2) is 0 Å². The number of hydrogen-bond acceptors (Lipinski definition) is 3. The van der Waals surface area contributed by atoms with Crippen LogP contribution < -0.4 is 4.74 Å². The van der Waals surface area contributed by atoms with E-state index in [-0.39, 0.29) is 6.61 Å². The Hall–Kier alpha value is -1.60. The van der Waals surface area contributed by atoms with Crippen LogP contribution >= 0.6 is 23.4 Å². The summed E-state index contributed by atoms with van der Waals surface area (Å²) in [5, 5.41) is 9.51. The van der Waals surface area contributed by atoms with E-state index in [9.17, 15) is 0 Å². The Bertz CT molecular complexity index is 674. The van der Waals surface area contributed by atoms with E-state index in [4.69, 9.17) is 21.4 Å². The summed E-state index contributed by atoms with van der Waals surface area (Å²) >= 11 is 7.81. The molecule has 0 unspecified atom stereocenters. The lowest BCUT2D eigenvalue weighted by atomic mass is 10.1. The molecule has 2 rings (SSSR count). The molecule has 0 aromatic heterocycles. The minimum atomic E-state index is -0.143. The van der Waals surface area contributed by atoms with E-state index in [1.807, 2.05) is 42.5 Å². The van der Waals surface area contributed by atoms with Crippen LogP contribution in [0.3, 0.4) is 0 Å². The number of benzene rings is 2. The van der Waals surface area contributed by atoms with E-state index >= 15 is 0 Å². The number of thioether (sulfide) groups is 1. The van der Waals surface area contributed by atoms with Crippen molar-refractivity contribution in [1.82, 2.24) is 0 Å². The van der Waals surface area contributed by atoms with Gasteiger partial charge in [0.25, 0.3) is 0 Å². The zero-order chi connectivity index (χ0) is 15.1. The molecule has 0 bridgehead atoms. The molecule has 108 valence electrons. The molecule has 0 aliphatic rings. The van der Waals surface area contributed by atoms with Crippen LogP contribution in [0.25, 0.3) is 0 Å². The SMILES string of the molecule is COc1ccc(C#CCO)cc1CSc1ccccc1Cl. The maximum Gasteiger partial charge on any atom is 0.122 e. The molecule has 0 saturated carbocycles. The highest BCUT2D eigenvalue weighted by molar-refractivity contribution is 7.98. The summed E-state index contributed by atoms with van der Waals surface area (Å²) in [6.45, 7) is -0.143. The first kappa shape index (κ1) is 15.8. The van der Waals surface area contributed by atoms with Gasteiger partial charge in [-0.2, -0.15) is 0 Å². The average molecular weight is 319 g/mol. The van der Waals surface area contributed by atoms with Crippen molar-refractivity contribution >= 4 is 23.4 Å². The topological polar surface area (TPSA) is 29.5 Å². The van der Waals surface area contributed by atoms with Gasteiger partial charge in [0.1, 0.15) is 12.4 Å². The Morgan fingerprint density at radius 2 is 2.05 bits per heavy atom. The van der Waals surface area contributed by atoms with E-state index in [0.29, 0.717) is 0 Å². The number of hydrogen-bond donors (Lipinski definition) is 1. The minimum Gasteiger partial charge on any atom is -0.496 e. The average Bonchev–Trinajstić information content (AvgIpc) is 2.52. The molecule has 0 amide bonds. The van der Waals surface area contributed by atoms with Crippen molar-refractivity contribution in [2.75, 3.05) is 13.7 Å². The van der Waals surface area contributed by atoms with Crippen molar-refractivity contribution in [3.8, 4) is 17.6 Å². The molecule has 21 heavy (non-hydrogen) atoms. The molecule has 1 N–H and O–H groups in total. The van der Waals surface area contributed by atoms with Gasteiger partial charge in [-0.1, -0.05) is 35.6 Å². The summed E-state index contributed by atoms with van der Waals surface area (Å²) < 4.78 is 5.38. The molecule has 2 aromatic carbocycles. The van der Waals surface area contributed by atoms with Gasteiger partial charge < -0.3 is 9.84 Å². The van der Waals surface area contributed by atoms with Crippen molar-refractivity contribution in [2.24, 2.45) is 0 Å². The van der Waals surface area contributed by atoms with Crippen LogP contribution in [0.2, 0.25) is 5.02 Å². The molecule has 4 heteroatoms. The number of aliphatic hydroxyl groups is 1. The third-order valence-corrected chi connectivity index (χ3v) is 4.38. The molecule has 0 aliphatic carbocycles. The standard InChI is InChI=1S/C17H15ClO2S/c1-20-16-9-8-13(5-4-10-19)11-14(16)12-21-17-7-3-2-6-15(17)18/h2-3,6-9,11,19H,10,12H2,1H3. The van der Waals surface area contributed by atoms with Gasteiger partial charge in [0, 0.05) is 21.8 Å². The van der Waals surface area contributed by atoms with Crippen LogP contribution in [0.15, 0.2) is 47.4 Å². The fraction of sp³-hybridized carbons (Fsp3) is 0.176. The molecule has 2 aromatic rings. The first-order valence-electron chi connectivity index (χ1n) is 6.38. The molecule has 0 atom stereocenters. The van der Waals surface area contributed by atoms with Gasteiger partial charge in [0.2, 0.25) is 0 Å². The van der Waals surface area contributed by atoms with Crippen LogP contribution in [-0.2, 0) is 5.75 Å². The van der Waals surface area contributed by atoms with Gasteiger partial charge in [-0.05, 0) is 30.3 Å². The monoisotopic (exact) mass is 318 g/mol. The van der Waals surface area contributed by atoms with E-state index in [0.717, 1.165) is 32.5 Å². The van der Waals surface area contributed by atoms with Gasteiger partial charge in [-0.25, -0.2) is 0 Å². The van der Waals surface area contributed by atoms with E-state index in [1.165, 1.54) is 0 Å². The quantitative estimate of drug-likeness (QED) is 0.683. The van der Waals surface area contributed by atoms with Crippen LogP contribution in [0.4, 0.5) is 0 Å². The second-order valence-electron chi connectivity index (χ2n) is 4.21. The number of aliphatic hydroxyl groups excluding tert-OH is 1. The lowest BCUT2D eigenvalue weighted by Crippen LogP contribution is -1.92. The van der Waals surface area contributed by atoms with E-state index < -0.39 is 0 Å². The van der Waals surface area contributed by atoms with Crippen LogP contribution in [0.1, 0.15) is 11.1 Å². The first-order chi connectivity index (χ1) is 10.2. The van der Waals surface area contributed by atoms with Crippen molar-refractivity contribution in [2.45, 2.75) is 10.6 Å². The summed E-state index contributed by atoms with van der Waals surface area (Å²) in [6, 6.07) is 13.5. The Balaban J connectivity index is 2.19. The molecule has 2 nitrogen and oxygen atoms in total. The predicted octanol–water partition coefficient (Wildman–Crippen LogP) is 3.98. The maximum atomic E-state index is 8.76. The molecule has 0 spiro atoms. The Kier molecular flexibility index (Phi) is 6.01. The molecule has 0 radical (unpaired) electrons. The molecule has 0 heterocycles. The van der Waals surface area contributed by atoms with Crippen LogP contribution in [0, 0.1) is 11.8 Å². The maximum absolute atomic E-state index is 8.76. The second kappa shape index (κ2) is 7.99. The third kappa shape index (κ3) is 4.44. The third-order valence-electron chi connectivity index (χ3n) is 2.81. The second-order valence-corrected chi connectivity index (χ2v) is 5.63. The summed E-state index contributed by atoms with van der Waals surface area (Å²) in [4.78, 5) is 1.04. The highest BCUT2D eigenvalue weighted by atomic mass is 35.5. The Morgan fingerprint density at radius 3 is 2.76 bits per heavy atom.